The monoisotopic (exact) mass is 233 g/mol. The van der Waals surface area contributed by atoms with Gasteiger partial charge >= 0.3 is 5.97 Å². The molecule has 0 radical (unpaired) electrons. The second-order valence-electron chi connectivity index (χ2n) is 2.33. The Morgan fingerprint density at radius 1 is 1.50 bits per heavy atom. The molecule has 0 heterocycles. The Balaban J connectivity index is 3.61. The molecule has 1 aromatic carbocycles. The molecule has 1 rings (SSSR count). The molecule has 0 bridgehead atoms. The fraction of sp³-hybridized carbons (Fsp3) is 0. The number of halogens is 3. The molecule has 0 fully saturated rings. The molecule has 1 N–H and O–H groups in total. The van der Waals surface area contributed by atoms with Crippen LogP contribution in [-0.4, -0.2) is 11.1 Å². The van der Waals surface area contributed by atoms with Crippen LogP contribution in [0, 0.1) is 17.1 Å². The molecular formula is C8H2Cl2FNO2. The molecule has 0 atom stereocenters. The van der Waals surface area contributed by atoms with Crippen LogP contribution < -0.4 is 0 Å². The Morgan fingerprint density at radius 2 is 2.07 bits per heavy atom. The van der Waals surface area contributed by atoms with Crippen molar-refractivity contribution in [2.45, 2.75) is 0 Å². The molecule has 0 saturated heterocycles. The maximum Gasteiger partial charge on any atom is 0.337 e. The number of carbonyl (C=O) groups is 1. The molecule has 14 heavy (non-hydrogen) atoms. The number of hydrogen-bond acceptors (Lipinski definition) is 2. The molecule has 0 saturated carbocycles. The van der Waals surface area contributed by atoms with Gasteiger partial charge in [-0.25, -0.2) is 9.18 Å². The zero-order valence-corrected chi connectivity index (χ0v) is 8.03. The molecule has 72 valence electrons. The quantitative estimate of drug-likeness (QED) is 0.759. The minimum atomic E-state index is -1.41. The first-order valence-corrected chi connectivity index (χ1v) is 4.05. The van der Waals surface area contributed by atoms with Gasteiger partial charge in [-0.2, -0.15) is 5.26 Å². The molecule has 3 nitrogen and oxygen atoms in total. The fourth-order valence-electron chi connectivity index (χ4n) is 0.858. The number of benzene rings is 1. The molecule has 6 heteroatoms. The first-order chi connectivity index (χ1) is 6.49. The first-order valence-electron chi connectivity index (χ1n) is 3.30. The Labute approximate surface area is 88.3 Å². The number of aromatic carboxylic acids is 1. The van der Waals surface area contributed by atoms with E-state index in [2.05, 4.69) is 0 Å². The van der Waals surface area contributed by atoms with Gasteiger partial charge in [0.1, 0.15) is 11.9 Å². The Kier molecular flexibility index (Phi) is 2.94. The number of nitrogens with zero attached hydrogens (tertiary/aromatic N) is 1. The van der Waals surface area contributed by atoms with Gasteiger partial charge in [-0.1, -0.05) is 23.2 Å². The van der Waals surface area contributed by atoms with E-state index >= 15 is 0 Å². The van der Waals surface area contributed by atoms with Crippen molar-refractivity contribution < 1.29 is 14.3 Å². The summed E-state index contributed by atoms with van der Waals surface area (Å²) in [5.74, 6) is -2.40. The van der Waals surface area contributed by atoms with Gasteiger partial charge in [0.15, 0.2) is 0 Å². The molecule has 0 aliphatic rings. The van der Waals surface area contributed by atoms with Crippen molar-refractivity contribution in [2.75, 3.05) is 0 Å². The van der Waals surface area contributed by atoms with Crippen molar-refractivity contribution in [3.63, 3.8) is 0 Å². The molecule has 1 aromatic rings. The van der Waals surface area contributed by atoms with Crippen molar-refractivity contribution in [1.29, 1.82) is 5.26 Å². The second kappa shape index (κ2) is 3.82. The topological polar surface area (TPSA) is 61.1 Å². The number of hydrogen-bond donors (Lipinski definition) is 1. The molecule has 0 aromatic heterocycles. The molecule has 0 unspecified atom stereocenters. The predicted molar refractivity (Wildman–Crippen MR) is 48.1 cm³/mol. The predicted octanol–water partition coefficient (Wildman–Crippen LogP) is 2.70. The van der Waals surface area contributed by atoms with Crippen LogP contribution in [0.5, 0.6) is 0 Å². The lowest BCUT2D eigenvalue weighted by molar-refractivity contribution is 0.0696. The highest BCUT2D eigenvalue weighted by molar-refractivity contribution is 6.38. The summed E-state index contributed by atoms with van der Waals surface area (Å²) in [5.41, 5.74) is -0.851. The average molecular weight is 234 g/mol. The van der Waals surface area contributed by atoms with Crippen LogP contribution >= 0.6 is 23.2 Å². The summed E-state index contributed by atoms with van der Waals surface area (Å²) in [6.07, 6.45) is 0. The van der Waals surface area contributed by atoms with Crippen molar-refractivity contribution in [1.82, 2.24) is 0 Å². The summed E-state index contributed by atoms with van der Waals surface area (Å²) in [6.45, 7) is 0. The third kappa shape index (κ3) is 1.65. The minimum absolute atomic E-state index is 0.355. The summed E-state index contributed by atoms with van der Waals surface area (Å²) in [5, 5.41) is 16.3. The number of carboxylic acids is 1. The lowest BCUT2D eigenvalue weighted by Gasteiger charge is -2.03. The van der Waals surface area contributed by atoms with E-state index in [1.165, 1.54) is 6.07 Å². The summed E-state index contributed by atoms with van der Waals surface area (Å²) in [7, 11) is 0. The van der Waals surface area contributed by atoms with Gasteiger partial charge in [-0.3, -0.25) is 0 Å². The van der Waals surface area contributed by atoms with Gasteiger partial charge < -0.3 is 5.11 Å². The highest BCUT2D eigenvalue weighted by atomic mass is 35.5. The van der Waals surface area contributed by atoms with Crippen molar-refractivity contribution in [3.8, 4) is 6.07 Å². The van der Waals surface area contributed by atoms with E-state index in [4.69, 9.17) is 33.6 Å². The first kappa shape index (κ1) is 10.8. The van der Waals surface area contributed by atoms with Gasteiger partial charge in [0.25, 0.3) is 0 Å². The van der Waals surface area contributed by atoms with E-state index in [0.717, 1.165) is 0 Å². The maximum absolute atomic E-state index is 13.0. The van der Waals surface area contributed by atoms with Crippen LogP contribution in [0.15, 0.2) is 6.07 Å². The molecule has 0 amide bonds. The van der Waals surface area contributed by atoms with Crippen LogP contribution in [0.2, 0.25) is 10.0 Å². The summed E-state index contributed by atoms with van der Waals surface area (Å²) < 4.78 is 13.0. The third-order valence-corrected chi connectivity index (χ3v) is 2.26. The number of rotatable bonds is 1. The summed E-state index contributed by atoms with van der Waals surface area (Å²) >= 11 is 10.9. The number of nitriles is 1. The van der Waals surface area contributed by atoms with E-state index in [0.29, 0.717) is 6.07 Å². The fourth-order valence-corrected chi connectivity index (χ4v) is 1.37. The smallest absolute Gasteiger partial charge is 0.337 e. The SMILES string of the molecule is N#Cc1c(Cl)c(F)cc(C(=O)O)c1Cl. The van der Waals surface area contributed by atoms with E-state index in [9.17, 15) is 9.18 Å². The Hall–Kier alpha value is -1.31. The lowest BCUT2D eigenvalue weighted by Crippen LogP contribution is -2.01. The number of carboxylic acid groups (broad SMARTS) is 1. The van der Waals surface area contributed by atoms with Crippen LogP contribution in [-0.2, 0) is 0 Å². The van der Waals surface area contributed by atoms with Crippen molar-refractivity contribution in [2.24, 2.45) is 0 Å². The zero-order valence-electron chi connectivity index (χ0n) is 6.51. The molecular weight excluding hydrogens is 232 g/mol. The normalized spacial score (nSPS) is 9.57. The average Bonchev–Trinajstić information content (AvgIpc) is 2.12. The van der Waals surface area contributed by atoms with Crippen molar-refractivity contribution >= 4 is 29.2 Å². The van der Waals surface area contributed by atoms with Gasteiger partial charge in [0.2, 0.25) is 0 Å². The van der Waals surface area contributed by atoms with E-state index in [1.54, 1.807) is 0 Å². The highest BCUT2D eigenvalue weighted by Gasteiger charge is 2.19. The van der Waals surface area contributed by atoms with Gasteiger partial charge in [0, 0.05) is 0 Å². The third-order valence-electron chi connectivity index (χ3n) is 1.50. The molecule has 0 aliphatic carbocycles. The largest absolute Gasteiger partial charge is 0.478 e. The van der Waals surface area contributed by atoms with Crippen LogP contribution in [0.25, 0.3) is 0 Å². The van der Waals surface area contributed by atoms with Crippen LogP contribution in [0.4, 0.5) is 4.39 Å². The van der Waals surface area contributed by atoms with E-state index in [-0.39, 0.29) is 10.6 Å². The van der Waals surface area contributed by atoms with Gasteiger partial charge in [0.05, 0.1) is 21.2 Å². The maximum atomic E-state index is 13.0. The molecule has 0 spiro atoms. The van der Waals surface area contributed by atoms with E-state index < -0.39 is 22.4 Å². The van der Waals surface area contributed by atoms with Crippen LogP contribution in [0.1, 0.15) is 15.9 Å². The Bertz CT molecular complexity index is 454. The van der Waals surface area contributed by atoms with Gasteiger partial charge in [-0.05, 0) is 6.07 Å². The molecule has 0 aliphatic heterocycles. The zero-order chi connectivity index (χ0) is 10.9. The van der Waals surface area contributed by atoms with Crippen molar-refractivity contribution in [3.05, 3.63) is 33.1 Å². The standard InChI is InChI=1S/C8H2Cl2FNO2/c9-6-3(8(13)14)1-5(11)7(10)4(6)2-12/h1H,(H,13,14). The Morgan fingerprint density at radius 3 is 2.50 bits per heavy atom. The summed E-state index contributed by atoms with van der Waals surface area (Å²) in [6, 6.07) is 2.21. The second-order valence-corrected chi connectivity index (χ2v) is 3.08. The highest BCUT2D eigenvalue weighted by Crippen LogP contribution is 2.30. The summed E-state index contributed by atoms with van der Waals surface area (Å²) in [4.78, 5) is 10.5. The van der Waals surface area contributed by atoms with Gasteiger partial charge in [-0.15, -0.1) is 0 Å². The van der Waals surface area contributed by atoms with Crippen LogP contribution in [0.3, 0.4) is 0 Å². The van der Waals surface area contributed by atoms with E-state index in [1.807, 2.05) is 0 Å². The minimum Gasteiger partial charge on any atom is -0.478 e. The lowest BCUT2D eigenvalue weighted by atomic mass is 10.1.